The molecule has 0 aliphatic carbocycles. The van der Waals surface area contributed by atoms with Crippen molar-refractivity contribution in [2.45, 2.75) is 10.9 Å². The summed E-state index contributed by atoms with van der Waals surface area (Å²) in [4.78, 5) is 24.1. The molecular formula is C22H21N3O5S2. The summed E-state index contributed by atoms with van der Waals surface area (Å²) >= 11 is 2.39. The molecule has 3 rings (SSSR count). The molecule has 0 spiro atoms. The van der Waals surface area contributed by atoms with Crippen LogP contribution in [0.1, 0.15) is 11.1 Å². The smallest absolute Gasteiger partial charge is 0.316 e. The van der Waals surface area contributed by atoms with E-state index in [1.54, 1.807) is 32.4 Å². The summed E-state index contributed by atoms with van der Waals surface area (Å²) in [6.07, 6.45) is 3.03. The highest BCUT2D eigenvalue weighted by Crippen LogP contribution is 2.28. The van der Waals surface area contributed by atoms with Gasteiger partial charge in [0.1, 0.15) is 6.61 Å². The largest absolute Gasteiger partial charge is 0.493 e. The second-order valence-electron chi connectivity index (χ2n) is 6.25. The molecule has 0 atom stereocenters. The van der Waals surface area contributed by atoms with Crippen LogP contribution in [0.25, 0.3) is 6.08 Å². The minimum absolute atomic E-state index is 0.106. The molecule has 1 heterocycles. The lowest BCUT2D eigenvalue weighted by atomic mass is 10.2. The van der Waals surface area contributed by atoms with Gasteiger partial charge in [0.25, 0.3) is 0 Å². The van der Waals surface area contributed by atoms with E-state index in [4.69, 9.17) is 14.2 Å². The highest BCUT2D eigenvalue weighted by molar-refractivity contribution is 8.01. The molecule has 0 radical (unpaired) electrons. The molecule has 8 nitrogen and oxygen atoms in total. The standard InChI is InChI=1S/C22H21N3O5S2/c1-28-17-10-8-15(12-18(17)29-2)9-11-19(26)23-21-24-25-22(32-21)31-14-20(27)30-13-16-6-4-3-5-7-16/h3-12H,13-14H2,1-2H3,(H,23,24,26)/b11-9+. The molecule has 0 unspecified atom stereocenters. The lowest BCUT2D eigenvalue weighted by molar-refractivity contribution is -0.141. The van der Waals surface area contributed by atoms with Crippen molar-refractivity contribution in [1.29, 1.82) is 0 Å². The predicted molar refractivity (Wildman–Crippen MR) is 124 cm³/mol. The van der Waals surface area contributed by atoms with Crippen LogP contribution in [0.3, 0.4) is 0 Å². The van der Waals surface area contributed by atoms with Crippen molar-refractivity contribution in [1.82, 2.24) is 10.2 Å². The first-order chi connectivity index (χ1) is 15.6. The van der Waals surface area contributed by atoms with E-state index in [1.165, 1.54) is 29.2 Å². The quantitative estimate of drug-likeness (QED) is 0.205. The van der Waals surface area contributed by atoms with Gasteiger partial charge in [0.05, 0.1) is 20.0 Å². The van der Waals surface area contributed by atoms with Gasteiger partial charge in [-0.05, 0) is 29.3 Å². The fourth-order valence-corrected chi connectivity index (χ4v) is 4.05. The summed E-state index contributed by atoms with van der Waals surface area (Å²) in [5, 5.41) is 10.9. The van der Waals surface area contributed by atoms with Crippen molar-refractivity contribution >= 4 is 46.2 Å². The van der Waals surface area contributed by atoms with E-state index in [0.717, 1.165) is 11.1 Å². The average Bonchev–Trinajstić information content (AvgIpc) is 3.27. The number of ether oxygens (including phenoxy) is 3. The number of methoxy groups -OCH3 is 2. The summed E-state index contributed by atoms with van der Waals surface area (Å²) < 4.78 is 16.2. The fourth-order valence-electron chi connectivity index (χ4n) is 2.49. The van der Waals surface area contributed by atoms with Crippen molar-refractivity contribution in [3.63, 3.8) is 0 Å². The van der Waals surface area contributed by atoms with E-state index in [0.29, 0.717) is 21.0 Å². The molecule has 0 saturated heterocycles. The first kappa shape index (κ1) is 23.3. The number of hydrogen-bond acceptors (Lipinski definition) is 9. The predicted octanol–water partition coefficient (Wildman–Crippen LogP) is 4.04. The van der Waals surface area contributed by atoms with Crippen molar-refractivity contribution in [3.05, 3.63) is 65.7 Å². The Hall–Kier alpha value is -3.37. The van der Waals surface area contributed by atoms with Gasteiger partial charge in [-0.15, -0.1) is 10.2 Å². The zero-order valence-corrected chi connectivity index (χ0v) is 19.1. The molecule has 1 N–H and O–H groups in total. The number of nitrogens with zero attached hydrogens (tertiary/aromatic N) is 2. The van der Waals surface area contributed by atoms with Crippen LogP contribution in [0.2, 0.25) is 0 Å². The first-order valence-corrected chi connectivity index (χ1v) is 11.2. The van der Waals surface area contributed by atoms with Crippen LogP contribution >= 0.6 is 23.1 Å². The lowest BCUT2D eigenvalue weighted by Crippen LogP contribution is -2.07. The maximum absolute atomic E-state index is 12.2. The highest BCUT2D eigenvalue weighted by atomic mass is 32.2. The van der Waals surface area contributed by atoms with Gasteiger partial charge in [-0.1, -0.05) is 59.5 Å². The molecule has 0 fully saturated rings. The van der Waals surface area contributed by atoms with Crippen molar-refractivity contribution < 1.29 is 23.8 Å². The summed E-state index contributed by atoms with van der Waals surface area (Å²) in [7, 11) is 3.11. The van der Waals surface area contributed by atoms with E-state index >= 15 is 0 Å². The summed E-state index contributed by atoms with van der Waals surface area (Å²) in [6.45, 7) is 0.226. The third kappa shape index (κ3) is 7.10. The number of benzene rings is 2. The Morgan fingerprint density at radius 2 is 1.84 bits per heavy atom. The van der Waals surface area contributed by atoms with Crippen molar-refractivity contribution in [2.24, 2.45) is 0 Å². The second-order valence-corrected chi connectivity index (χ2v) is 8.45. The lowest BCUT2D eigenvalue weighted by Gasteiger charge is -2.07. The van der Waals surface area contributed by atoms with Gasteiger partial charge in [-0.3, -0.25) is 14.9 Å². The minimum Gasteiger partial charge on any atom is -0.493 e. The monoisotopic (exact) mass is 471 g/mol. The number of hydrogen-bond donors (Lipinski definition) is 1. The molecule has 2 aromatic carbocycles. The molecule has 32 heavy (non-hydrogen) atoms. The highest BCUT2D eigenvalue weighted by Gasteiger charge is 2.11. The number of rotatable bonds is 10. The molecule has 0 saturated carbocycles. The second kappa shape index (κ2) is 11.9. The summed E-state index contributed by atoms with van der Waals surface area (Å²) in [5.74, 6) is 0.585. The minimum atomic E-state index is -0.352. The summed E-state index contributed by atoms with van der Waals surface area (Å²) in [5.41, 5.74) is 1.70. The molecule has 0 aliphatic heterocycles. The van der Waals surface area contributed by atoms with Gasteiger partial charge in [-0.2, -0.15) is 0 Å². The average molecular weight is 472 g/mol. The SMILES string of the molecule is COc1ccc(/C=C/C(=O)Nc2nnc(SCC(=O)OCc3ccccc3)s2)cc1OC. The van der Waals surface area contributed by atoms with E-state index in [-0.39, 0.29) is 24.2 Å². The zero-order chi connectivity index (χ0) is 22.8. The Morgan fingerprint density at radius 3 is 2.59 bits per heavy atom. The van der Waals surface area contributed by atoms with Gasteiger partial charge in [-0.25, -0.2) is 0 Å². The molecule has 0 aliphatic rings. The third-order valence-corrected chi connectivity index (χ3v) is 5.97. The van der Waals surface area contributed by atoms with Crippen LogP contribution in [0.4, 0.5) is 5.13 Å². The Bertz CT molecular complexity index is 1090. The number of amides is 1. The molecule has 1 aromatic heterocycles. The molecular weight excluding hydrogens is 450 g/mol. The Balaban J connectivity index is 1.45. The first-order valence-electron chi connectivity index (χ1n) is 9.44. The molecule has 1 amide bonds. The normalized spacial score (nSPS) is 10.7. The Morgan fingerprint density at radius 1 is 1.06 bits per heavy atom. The van der Waals surface area contributed by atoms with E-state index in [1.807, 2.05) is 36.4 Å². The number of nitrogens with one attached hydrogen (secondary N) is 1. The fraction of sp³-hybridized carbons (Fsp3) is 0.182. The van der Waals surface area contributed by atoms with Gasteiger partial charge in [0, 0.05) is 6.08 Å². The zero-order valence-electron chi connectivity index (χ0n) is 17.4. The number of thioether (sulfide) groups is 1. The van der Waals surface area contributed by atoms with Crippen molar-refractivity contribution in [2.75, 3.05) is 25.3 Å². The number of carbonyl (C=O) groups is 2. The van der Waals surface area contributed by atoms with Gasteiger partial charge in [0.2, 0.25) is 11.0 Å². The number of anilines is 1. The third-order valence-electron chi connectivity index (χ3n) is 4.03. The Labute approximate surface area is 193 Å². The van der Waals surface area contributed by atoms with Gasteiger partial charge in [0.15, 0.2) is 15.8 Å². The molecule has 166 valence electrons. The maximum atomic E-state index is 12.2. The van der Waals surface area contributed by atoms with E-state index in [9.17, 15) is 9.59 Å². The number of carbonyl (C=O) groups excluding carboxylic acids is 2. The topological polar surface area (TPSA) is 99.6 Å². The molecule has 10 heteroatoms. The van der Waals surface area contributed by atoms with E-state index in [2.05, 4.69) is 15.5 Å². The van der Waals surface area contributed by atoms with Crippen LogP contribution in [0.5, 0.6) is 11.5 Å². The van der Waals surface area contributed by atoms with Crippen LogP contribution < -0.4 is 14.8 Å². The maximum Gasteiger partial charge on any atom is 0.316 e. The molecule has 0 bridgehead atoms. The number of aromatic nitrogens is 2. The Kier molecular flexibility index (Phi) is 8.64. The van der Waals surface area contributed by atoms with Crippen molar-refractivity contribution in [3.8, 4) is 11.5 Å². The number of esters is 1. The summed E-state index contributed by atoms with van der Waals surface area (Å²) in [6, 6.07) is 14.8. The van der Waals surface area contributed by atoms with Crippen LogP contribution in [0.15, 0.2) is 58.9 Å². The van der Waals surface area contributed by atoms with Crippen LogP contribution in [-0.2, 0) is 20.9 Å². The van der Waals surface area contributed by atoms with E-state index < -0.39 is 0 Å². The van der Waals surface area contributed by atoms with Crippen LogP contribution in [-0.4, -0.2) is 42.0 Å². The van der Waals surface area contributed by atoms with Gasteiger partial charge < -0.3 is 14.2 Å². The van der Waals surface area contributed by atoms with Crippen LogP contribution in [0, 0.1) is 0 Å². The van der Waals surface area contributed by atoms with Gasteiger partial charge >= 0.3 is 5.97 Å². The molecule has 3 aromatic rings.